The summed E-state index contributed by atoms with van der Waals surface area (Å²) in [5, 5.41) is 5.31. The van der Waals surface area contributed by atoms with E-state index >= 15 is 0 Å². The van der Waals surface area contributed by atoms with E-state index in [4.69, 9.17) is 4.74 Å². The van der Waals surface area contributed by atoms with Crippen molar-refractivity contribution >= 4 is 16.9 Å². The average Bonchev–Trinajstić information content (AvgIpc) is 3.33. The third-order valence-electron chi connectivity index (χ3n) is 5.64. The van der Waals surface area contributed by atoms with E-state index in [1.165, 1.54) is 11.1 Å². The molecule has 2 aromatic heterocycles. The van der Waals surface area contributed by atoms with E-state index < -0.39 is 0 Å². The number of benzene rings is 1. The maximum atomic E-state index is 13.1. The number of fused-ring (bicyclic) bond motifs is 3. The van der Waals surface area contributed by atoms with Crippen molar-refractivity contribution in [3.05, 3.63) is 58.9 Å². The Kier molecular flexibility index (Phi) is 3.21. The highest BCUT2D eigenvalue weighted by atomic mass is 16.5. The number of carbonyl (C=O) groups excluding carboxylic acids is 1. The fourth-order valence-corrected chi connectivity index (χ4v) is 4.28. The van der Waals surface area contributed by atoms with Gasteiger partial charge in [-0.05, 0) is 30.5 Å². The van der Waals surface area contributed by atoms with Gasteiger partial charge in [-0.25, -0.2) is 4.98 Å². The van der Waals surface area contributed by atoms with E-state index in [2.05, 4.69) is 22.2 Å². The largest absolute Gasteiger partial charge is 0.364 e. The van der Waals surface area contributed by atoms with Gasteiger partial charge in [0.1, 0.15) is 5.60 Å². The number of nitrogens with zero attached hydrogens (tertiary/aromatic N) is 4. The average molecular weight is 348 g/mol. The fourth-order valence-electron chi connectivity index (χ4n) is 4.28. The van der Waals surface area contributed by atoms with Crippen molar-refractivity contribution in [1.29, 1.82) is 0 Å². The Morgan fingerprint density at radius 2 is 2.15 bits per heavy atom. The predicted molar refractivity (Wildman–Crippen MR) is 96.7 cm³/mol. The number of aryl methyl sites for hydroxylation is 2. The number of carbonyl (C=O) groups is 1. The second-order valence-electron chi connectivity index (χ2n) is 7.22. The molecule has 0 bridgehead atoms. The van der Waals surface area contributed by atoms with Crippen LogP contribution >= 0.6 is 0 Å². The molecular formula is C20H20N4O2. The lowest BCUT2D eigenvalue weighted by Gasteiger charge is -2.24. The van der Waals surface area contributed by atoms with E-state index in [0.29, 0.717) is 25.3 Å². The summed E-state index contributed by atoms with van der Waals surface area (Å²) in [6, 6.07) is 10.2. The van der Waals surface area contributed by atoms with Crippen LogP contribution in [0.2, 0.25) is 0 Å². The van der Waals surface area contributed by atoms with Crippen LogP contribution in [0.1, 0.15) is 33.6 Å². The summed E-state index contributed by atoms with van der Waals surface area (Å²) < 4.78 is 7.90. The molecule has 6 heteroatoms. The third-order valence-corrected chi connectivity index (χ3v) is 5.64. The molecule has 0 N–H and O–H groups in total. The van der Waals surface area contributed by atoms with Gasteiger partial charge in [-0.1, -0.05) is 24.3 Å². The number of aromatic nitrogens is 3. The second kappa shape index (κ2) is 5.38. The maximum absolute atomic E-state index is 13.1. The van der Waals surface area contributed by atoms with Crippen LogP contribution in [0.3, 0.4) is 0 Å². The Morgan fingerprint density at radius 1 is 1.31 bits per heavy atom. The molecule has 6 nitrogen and oxygen atoms in total. The van der Waals surface area contributed by atoms with E-state index in [0.717, 1.165) is 23.1 Å². The first kappa shape index (κ1) is 15.5. The number of ether oxygens (including phenoxy) is 1. The van der Waals surface area contributed by atoms with Crippen LogP contribution in [0.25, 0.3) is 11.0 Å². The second-order valence-corrected chi connectivity index (χ2v) is 7.22. The normalized spacial score (nSPS) is 21.7. The van der Waals surface area contributed by atoms with Crippen molar-refractivity contribution in [3.8, 4) is 0 Å². The van der Waals surface area contributed by atoms with Crippen molar-refractivity contribution in [2.45, 2.75) is 25.6 Å². The van der Waals surface area contributed by atoms with Crippen LogP contribution in [0.5, 0.6) is 0 Å². The Morgan fingerprint density at radius 3 is 3.04 bits per heavy atom. The summed E-state index contributed by atoms with van der Waals surface area (Å²) in [5.41, 5.74) is 4.40. The highest BCUT2D eigenvalue weighted by Crippen LogP contribution is 2.43. The molecule has 0 unspecified atom stereocenters. The van der Waals surface area contributed by atoms with Gasteiger partial charge in [0.2, 0.25) is 0 Å². The highest BCUT2D eigenvalue weighted by molar-refractivity contribution is 5.97. The Balaban J connectivity index is 1.45. The molecule has 3 aromatic rings. The maximum Gasteiger partial charge on any atom is 0.255 e. The van der Waals surface area contributed by atoms with Gasteiger partial charge in [0.15, 0.2) is 5.65 Å². The molecule has 1 aromatic carbocycles. The van der Waals surface area contributed by atoms with Crippen LogP contribution in [0, 0.1) is 6.92 Å². The zero-order valence-electron chi connectivity index (χ0n) is 14.9. The molecular weight excluding hydrogens is 328 g/mol. The van der Waals surface area contributed by atoms with Crippen molar-refractivity contribution in [2.75, 3.05) is 13.1 Å². The standard InChI is InChI=1S/C20H20N4O2/c1-13-16-9-15(10-21-18(16)23(2)22-13)19(25)24-8-7-20(12-24)17-6-4-3-5-14(17)11-26-20/h3-6,9-10H,7-8,11-12H2,1-2H3/t20-/m0/s1. The molecule has 1 atom stereocenters. The Labute approximate surface area is 151 Å². The summed E-state index contributed by atoms with van der Waals surface area (Å²) >= 11 is 0. The zero-order chi connectivity index (χ0) is 17.9. The summed E-state index contributed by atoms with van der Waals surface area (Å²) in [7, 11) is 1.86. The molecule has 1 amide bonds. The third kappa shape index (κ3) is 2.12. The van der Waals surface area contributed by atoms with Crippen molar-refractivity contribution < 1.29 is 9.53 Å². The minimum atomic E-state index is -0.353. The summed E-state index contributed by atoms with van der Waals surface area (Å²) in [6.45, 7) is 3.84. The molecule has 1 spiro atoms. The molecule has 2 aliphatic rings. The molecule has 26 heavy (non-hydrogen) atoms. The molecule has 0 aliphatic carbocycles. The monoisotopic (exact) mass is 348 g/mol. The molecule has 1 fully saturated rings. The first-order valence-corrected chi connectivity index (χ1v) is 8.88. The molecule has 0 saturated carbocycles. The lowest BCUT2D eigenvalue weighted by Crippen LogP contribution is -2.34. The van der Waals surface area contributed by atoms with Gasteiger partial charge in [-0.2, -0.15) is 5.10 Å². The summed E-state index contributed by atoms with van der Waals surface area (Å²) in [4.78, 5) is 19.4. The summed E-state index contributed by atoms with van der Waals surface area (Å²) in [6.07, 6.45) is 2.48. The predicted octanol–water partition coefficient (Wildman–Crippen LogP) is 2.55. The quantitative estimate of drug-likeness (QED) is 0.678. The van der Waals surface area contributed by atoms with Gasteiger partial charge in [0.05, 0.1) is 24.4 Å². The Hall–Kier alpha value is -2.73. The van der Waals surface area contributed by atoms with Crippen LogP contribution in [-0.4, -0.2) is 38.7 Å². The Bertz CT molecular complexity index is 1040. The molecule has 132 valence electrons. The fraction of sp³-hybridized carbons (Fsp3) is 0.350. The first-order chi connectivity index (χ1) is 12.6. The zero-order valence-corrected chi connectivity index (χ0v) is 14.9. The minimum absolute atomic E-state index is 0.00695. The number of rotatable bonds is 1. The van der Waals surface area contributed by atoms with Gasteiger partial charge >= 0.3 is 0 Å². The van der Waals surface area contributed by atoms with Gasteiger partial charge in [-0.15, -0.1) is 0 Å². The number of pyridine rings is 1. The van der Waals surface area contributed by atoms with E-state index in [9.17, 15) is 4.79 Å². The number of hydrogen-bond donors (Lipinski definition) is 0. The molecule has 4 heterocycles. The van der Waals surface area contributed by atoms with Gasteiger partial charge < -0.3 is 9.64 Å². The van der Waals surface area contributed by atoms with Crippen molar-refractivity contribution in [2.24, 2.45) is 7.05 Å². The molecule has 5 rings (SSSR count). The highest BCUT2D eigenvalue weighted by Gasteiger charge is 2.46. The number of likely N-dealkylation sites (tertiary alicyclic amines) is 1. The minimum Gasteiger partial charge on any atom is -0.364 e. The van der Waals surface area contributed by atoms with E-state index in [-0.39, 0.29) is 11.5 Å². The topological polar surface area (TPSA) is 60.2 Å². The lowest BCUT2D eigenvalue weighted by molar-refractivity contribution is -0.0283. The number of hydrogen-bond acceptors (Lipinski definition) is 4. The summed E-state index contributed by atoms with van der Waals surface area (Å²) in [5.74, 6) is 0.00695. The van der Waals surface area contributed by atoms with Crippen LogP contribution < -0.4 is 0 Å². The number of amides is 1. The van der Waals surface area contributed by atoms with Crippen LogP contribution in [-0.2, 0) is 24.0 Å². The van der Waals surface area contributed by atoms with Crippen LogP contribution in [0.15, 0.2) is 36.5 Å². The van der Waals surface area contributed by atoms with Gasteiger partial charge in [-0.3, -0.25) is 9.48 Å². The molecule has 2 aliphatic heterocycles. The van der Waals surface area contributed by atoms with Gasteiger partial charge in [0, 0.05) is 25.2 Å². The van der Waals surface area contributed by atoms with Crippen molar-refractivity contribution in [3.63, 3.8) is 0 Å². The van der Waals surface area contributed by atoms with Crippen molar-refractivity contribution in [1.82, 2.24) is 19.7 Å². The van der Waals surface area contributed by atoms with Gasteiger partial charge in [0.25, 0.3) is 5.91 Å². The first-order valence-electron chi connectivity index (χ1n) is 8.88. The van der Waals surface area contributed by atoms with E-state index in [1.54, 1.807) is 10.9 Å². The molecule has 1 saturated heterocycles. The SMILES string of the molecule is Cc1nn(C)c2ncc(C(=O)N3CC[C@@]4(C3)OCc3ccccc34)cc12. The molecule has 0 radical (unpaired) electrons. The smallest absolute Gasteiger partial charge is 0.255 e. The van der Waals surface area contributed by atoms with Crippen LogP contribution in [0.4, 0.5) is 0 Å². The lowest BCUT2D eigenvalue weighted by atomic mass is 9.92. The van der Waals surface area contributed by atoms with E-state index in [1.807, 2.05) is 37.1 Å².